The molecule has 0 heterocycles. The number of aryl methyl sites for hydroxylation is 1. The number of amides is 1. The van der Waals surface area contributed by atoms with Gasteiger partial charge in [0, 0.05) is 11.4 Å². The van der Waals surface area contributed by atoms with E-state index >= 15 is 0 Å². The lowest BCUT2D eigenvalue weighted by molar-refractivity contribution is -0.121. The molecule has 6 heteroatoms. The van der Waals surface area contributed by atoms with E-state index in [1.54, 1.807) is 7.11 Å². The molecule has 0 saturated carbocycles. The summed E-state index contributed by atoms with van der Waals surface area (Å²) < 4.78 is 5.29. The number of nitrogens with one attached hydrogen (secondary N) is 2. The molecular formula is C20H26Cl2N2O2. The van der Waals surface area contributed by atoms with Crippen LogP contribution in [-0.2, 0) is 4.79 Å². The van der Waals surface area contributed by atoms with Crippen LogP contribution in [-0.4, -0.2) is 26.6 Å². The smallest absolute Gasteiger partial charge is 0.220 e. The van der Waals surface area contributed by atoms with E-state index in [4.69, 9.17) is 16.3 Å². The Labute approximate surface area is 166 Å². The first-order chi connectivity index (χ1) is 12.1. The Morgan fingerprint density at radius 2 is 1.92 bits per heavy atom. The van der Waals surface area contributed by atoms with Gasteiger partial charge in [-0.15, -0.1) is 12.4 Å². The van der Waals surface area contributed by atoms with Gasteiger partial charge in [0.1, 0.15) is 5.75 Å². The summed E-state index contributed by atoms with van der Waals surface area (Å²) in [6, 6.07) is 13.2. The first-order valence-corrected chi connectivity index (χ1v) is 8.77. The average molecular weight is 397 g/mol. The van der Waals surface area contributed by atoms with Crippen LogP contribution in [0.3, 0.4) is 0 Å². The second-order valence-electron chi connectivity index (χ2n) is 5.95. The summed E-state index contributed by atoms with van der Waals surface area (Å²) in [7, 11) is 3.52. The van der Waals surface area contributed by atoms with Gasteiger partial charge in [-0.05, 0) is 61.8 Å². The highest BCUT2D eigenvalue weighted by Gasteiger charge is 2.21. The Kier molecular flexibility index (Phi) is 9.49. The minimum atomic E-state index is -0.290. The van der Waals surface area contributed by atoms with Gasteiger partial charge in [0.25, 0.3) is 0 Å². The Morgan fingerprint density at radius 3 is 2.54 bits per heavy atom. The molecule has 142 valence electrons. The molecule has 0 spiro atoms. The Hall–Kier alpha value is -1.75. The number of hydrogen-bond acceptors (Lipinski definition) is 3. The normalized spacial score (nSPS) is 11.4. The highest BCUT2D eigenvalue weighted by atomic mass is 35.5. The first-order valence-electron chi connectivity index (χ1n) is 8.39. The second-order valence-corrected chi connectivity index (χ2v) is 6.36. The Bertz CT molecular complexity index is 723. The van der Waals surface area contributed by atoms with Crippen molar-refractivity contribution in [3.63, 3.8) is 0 Å². The van der Waals surface area contributed by atoms with Gasteiger partial charge >= 0.3 is 0 Å². The second kappa shape index (κ2) is 11.1. The lowest BCUT2D eigenvalue weighted by Crippen LogP contribution is -2.30. The van der Waals surface area contributed by atoms with Gasteiger partial charge in [-0.2, -0.15) is 0 Å². The van der Waals surface area contributed by atoms with Crippen molar-refractivity contribution in [2.45, 2.75) is 25.8 Å². The third-order valence-corrected chi connectivity index (χ3v) is 4.48. The van der Waals surface area contributed by atoms with Crippen molar-refractivity contribution in [2.75, 3.05) is 20.7 Å². The molecule has 2 rings (SSSR count). The molecule has 4 nitrogen and oxygen atoms in total. The minimum absolute atomic E-state index is 0. The lowest BCUT2D eigenvalue weighted by atomic mass is 9.94. The van der Waals surface area contributed by atoms with E-state index in [0.29, 0.717) is 11.4 Å². The molecule has 2 aromatic rings. The number of benzene rings is 2. The van der Waals surface area contributed by atoms with Gasteiger partial charge < -0.3 is 15.4 Å². The number of halogens is 2. The summed E-state index contributed by atoms with van der Waals surface area (Å²) in [6.07, 6.45) is 1.26. The fraction of sp³-hybridized carbons (Fsp3) is 0.350. The number of rotatable bonds is 8. The molecule has 0 aliphatic carbocycles. The maximum absolute atomic E-state index is 12.4. The molecule has 0 radical (unpaired) electrons. The SMILES string of the molecule is CNCCCC(=O)NC(c1ccc(OC)cc1C)c1ccccc1Cl.Cl. The first kappa shape index (κ1) is 22.3. The van der Waals surface area contributed by atoms with E-state index in [1.165, 1.54) is 0 Å². The molecule has 0 saturated heterocycles. The van der Waals surface area contributed by atoms with Crippen molar-refractivity contribution in [3.8, 4) is 5.75 Å². The van der Waals surface area contributed by atoms with Gasteiger partial charge in [0.2, 0.25) is 5.91 Å². The van der Waals surface area contributed by atoms with Crippen LogP contribution < -0.4 is 15.4 Å². The molecule has 1 atom stereocenters. The van der Waals surface area contributed by atoms with Crippen molar-refractivity contribution >= 4 is 29.9 Å². The molecule has 1 unspecified atom stereocenters. The zero-order valence-corrected chi connectivity index (χ0v) is 16.9. The van der Waals surface area contributed by atoms with Crippen LogP contribution >= 0.6 is 24.0 Å². The highest BCUT2D eigenvalue weighted by Crippen LogP contribution is 2.31. The number of ether oxygens (including phenoxy) is 1. The minimum Gasteiger partial charge on any atom is -0.497 e. The lowest BCUT2D eigenvalue weighted by Gasteiger charge is -2.23. The van der Waals surface area contributed by atoms with E-state index in [-0.39, 0.29) is 24.4 Å². The number of carbonyl (C=O) groups excluding carboxylic acids is 1. The Balaban J connectivity index is 0.00000338. The van der Waals surface area contributed by atoms with Crippen LogP contribution in [0.2, 0.25) is 5.02 Å². The molecule has 26 heavy (non-hydrogen) atoms. The standard InChI is InChI=1S/C20H25ClN2O2.ClH/c1-14-13-15(25-3)10-11-16(14)20(17-7-4-5-8-18(17)21)23-19(24)9-6-12-22-2;/h4-5,7-8,10-11,13,20,22H,6,9,12H2,1-3H3,(H,23,24);1H. The van der Waals surface area contributed by atoms with Gasteiger partial charge in [0.05, 0.1) is 13.2 Å². The largest absolute Gasteiger partial charge is 0.497 e. The van der Waals surface area contributed by atoms with Crippen LogP contribution in [0.4, 0.5) is 0 Å². The summed E-state index contributed by atoms with van der Waals surface area (Å²) in [5.41, 5.74) is 2.94. The van der Waals surface area contributed by atoms with E-state index in [0.717, 1.165) is 35.4 Å². The zero-order valence-electron chi connectivity index (χ0n) is 15.3. The van der Waals surface area contributed by atoms with Crippen LogP contribution in [0, 0.1) is 6.92 Å². The van der Waals surface area contributed by atoms with Crippen molar-refractivity contribution in [1.82, 2.24) is 10.6 Å². The molecule has 1 amide bonds. The molecule has 2 aromatic carbocycles. The maximum Gasteiger partial charge on any atom is 0.220 e. The summed E-state index contributed by atoms with van der Waals surface area (Å²) in [4.78, 5) is 12.4. The fourth-order valence-corrected chi connectivity index (χ4v) is 3.04. The third-order valence-electron chi connectivity index (χ3n) is 4.14. The summed E-state index contributed by atoms with van der Waals surface area (Å²) >= 11 is 6.40. The van der Waals surface area contributed by atoms with Crippen LogP contribution in [0.15, 0.2) is 42.5 Å². The molecular weight excluding hydrogens is 371 g/mol. The topological polar surface area (TPSA) is 50.4 Å². The third kappa shape index (κ3) is 5.90. The molecule has 0 aliphatic rings. The van der Waals surface area contributed by atoms with E-state index < -0.39 is 0 Å². The summed E-state index contributed by atoms with van der Waals surface area (Å²) in [5, 5.41) is 6.83. The predicted molar refractivity (Wildman–Crippen MR) is 110 cm³/mol. The van der Waals surface area contributed by atoms with Crippen LogP contribution in [0.5, 0.6) is 5.75 Å². The fourth-order valence-electron chi connectivity index (χ4n) is 2.79. The predicted octanol–water partition coefficient (Wildman–Crippen LogP) is 4.28. The van der Waals surface area contributed by atoms with Crippen molar-refractivity contribution in [1.29, 1.82) is 0 Å². The quantitative estimate of drug-likeness (QED) is 0.654. The molecule has 0 aliphatic heterocycles. The monoisotopic (exact) mass is 396 g/mol. The van der Waals surface area contributed by atoms with Crippen LogP contribution in [0.1, 0.15) is 35.6 Å². The van der Waals surface area contributed by atoms with Gasteiger partial charge in [-0.1, -0.05) is 35.9 Å². The number of hydrogen-bond donors (Lipinski definition) is 2. The van der Waals surface area contributed by atoms with E-state index in [9.17, 15) is 4.79 Å². The average Bonchev–Trinajstić information content (AvgIpc) is 2.61. The number of carbonyl (C=O) groups is 1. The van der Waals surface area contributed by atoms with Gasteiger partial charge in [-0.3, -0.25) is 4.79 Å². The summed E-state index contributed by atoms with van der Waals surface area (Å²) in [6.45, 7) is 2.82. The molecule has 0 aromatic heterocycles. The van der Waals surface area contributed by atoms with Crippen molar-refractivity contribution < 1.29 is 9.53 Å². The molecule has 2 N–H and O–H groups in total. The van der Waals surface area contributed by atoms with Gasteiger partial charge in [-0.25, -0.2) is 0 Å². The molecule has 0 bridgehead atoms. The highest BCUT2D eigenvalue weighted by molar-refractivity contribution is 6.31. The number of methoxy groups -OCH3 is 1. The molecule has 0 fully saturated rings. The van der Waals surface area contributed by atoms with E-state index in [2.05, 4.69) is 10.6 Å². The summed E-state index contributed by atoms with van der Waals surface area (Å²) in [5.74, 6) is 0.801. The van der Waals surface area contributed by atoms with Crippen LogP contribution in [0.25, 0.3) is 0 Å². The van der Waals surface area contributed by atoms with E-state index in [1.807, 2.05) is 56.4 Å². The van der Waals surface area contributed by atoms with Crippen molar-refractivity contribution in [3.05, 3.63) is 64.2 Å². The van der Waals surface area contributed by atoms with Crippen molar-refractivity contribution in [2.24, 2.45) is 0 Å². The van der Waals surface area contributed by atoms with Gasteiger partial charge in [0.15, 0.2) is 0 Å². The zero-order chi connectivity index (χ0) is 18.2. The Morgan fingerprint density at radius 1 is 1.19 bits per heavy atom. The maximum atomic E-state index is 12.4.